The molecule has 0 saturated carbocycles. The van der Waals surface area contributed by atoms with Crippen LogP contribution < -0.4 is 5.32 Å². The molecule has 1 aliphatic heterocycles. The van der Waals surface area contributed by atoms with Crippen LogP contribution >= 0.6 is 0 Å². The van der Waals surface area contributed by atoms with Gasteiger partial charge in [-0.05, 0) is 67.4 Å². The molecule has 0 radical (unpaired) electrons. The van der Waals surface area contributed by atoms with Gasteiger partial charge in [0.15, 0.2) is 5.58 Å². The van der Waals surface area contributed by atoms with Crippen molar-refractivity contribution in [2.24, 2.45) is 0 Å². The number of oxazole rings is 1. The van der Waals surface area contributed by atoms with Crippen LogP contribution in [-0.4, -0.2) is 49.9 Å². The van der Waals surface area contributed by atoms with Crippen LogP contribution in [0.15, 0.2) is 82.1 Å². The van der Waals surface area contributed by atoms with Crippen molar-refractivity contribution >= 4 is 32.7 Å². The van der Waals surface area contributed by atoms with Crippen LogP contribution in [0.3, 0.4) is 0 Å². The van der Waals surface area contributed by atoms with Crippen LogP contribution in [0, 0.1) is 0 Å². The predicted octanol–water partition coefficient (Wildman–Crippen LogP) is 4.55. The maximum absolute atomic E-state index is 12.9. The Morgan fingerprint density at radius 3 is 2.63 bits per heavy atom. The highest BCUT2D eigenvalue weighted by Crippen LogP contribution is 2.26. The first-order valence-corrected chi connectivity index (χ1v) is 12.8. The normalized spacial score (nSPS) is 16.1. The van der Waals surface area contributed by atoms with Gasteiger partial charge in [-0.2, -0.15) is 4.31 Å². The van der Waals surface area contributed by atoms with Gasteiger partial charge in [0.05, 0.1) is 11.0 Å². The lowest BCUT2D eigenvalue weighted by Gasteiger charge is -2.20. The van der Waals surface area contributed by atoms with E-state index in [1.807, 2.05) is 30.3 Å². The minimum Gasteiger partial charge on any atom is -0.436 e. The van der Waals surface area contributed by atoms with Crippen LogP contribution in [-0.2, 0) is 14.8 Å². The van der Waals surface area contributed by atoms with Gasteiger partial charge in [-0.25, -0.2) is 13.4 Å². The van der Waals surface area contributed by atoms with Crippen LogP contribution in [0.1, 0.15) is 23.2 Å². The predicted molar refractivity (Wildman–Crippen MR) is 133 cm³/mol. The van der Waals surface area contributed by atoms with Gasteiger partial charge in [-0.15, -0.1) is 0 Å². The molecule has 2 heterocycles. The summed E-state index contributed by atoms with van der Waals surface area (Å²) in [6.07, 6.45) is 1.72. The monoisotopic (exact) mass is 491 g/mol. The Morgan fingerprint density at radius 2 is 1.89 bits per heavy atom. The van der Waals surface area contributed by atoms with E-state index in [4.69, 9.17) is 9.15 Å². The van der Waals surface area contributed by atoms with E-state index < -0.39 is 10.0 Å². The summed E-state index contributed by atoms with van der Waals surface area (Å²) in [5.41, 5.74) is 3.09. The second kappa shape index (κ2) is 9.61. The number of hydrogen-bond acceptors (Lipinski definition) is 6. The summed E-state index contributed by atoms with van der Waals surface area (Å²) in [6.45, 7) is 0.973. The minimum atomic E-state index is -3.67. The minimum absolute atomic E-state index is 0.0784. The van der Waals surface area contributed by atoms with Crippen molar-refractivity contribution in [2.45, 2.75) is 23.8 Å². The number of rotatable bonds is 7. The fourth-order valence-corrected chi connectivity index (χ4v) is 5.26. The standard InChI is InChI=1S/C26H25N3O5S/c1-29(17-21-8-5-15-33-21)35(31,32)22-13-11-18(12-14-22)25(30)27-20-7-4-6-19(16-20)26-28-23-9-2-3-10-24(23)34-26/h2-4,6-7,9-14,16,21H,5,8,15,17H2,1H3,(H,27,30)/t21-/m1/s1. The highest BCUT2D eigenvalue weighted by atomic mass is 32.2. The first-order chi connectivity index (χ1) is 16.9. The van der Waals surface area contributed by atoms with Gasteiger partial charge in [0.1, 0.15) is 5.52 Å². The quantitative estimate of drug-likeness (QED) is 0.407. The molecule has 0 spiro atoms. The molecule has 180 valence electrons. The lowest BCUT2D eigenvalue weighted by atomic mass is 10.1. The number of nitrogens with one attached hydrogen (secondary N) is 1. The molecule has 1 atom stereocenters. The Bertz CT molecular complexity index is 1420. The van der Waals surface area contributed by atoms with Crippen molar-refractivity contribution in [3.63, 3.8) is 0 Å². The molecule has 0 bridgehead atoms. The van der Waals surface area contributed by atoms with Gasteiger partial charge in [-0.3, -0.25) is 4.79 Å². The van der Waals surface area contributed by atoms with E-state index in [1.165, 1.54) is 28.6 Å². The number of hydrogen-bond donors (Lipinski definition) is 1. The third-order valence-electron chi connectivity index (χ3n) is 5.97. The number of nitrogens with zero attached hydrogens (tertiary/aromatic N) is 2. The van der Waals surface area contributed by atoms with E-state index in [0.29, 0.717) is 35.9 Å². The van der Waals surface area contributed by atoms with Crippen LogP contribution in [0.4, 0.5) is 5.69 Å². The second-order valence-corrected chi connectivity index (χ2v) is 10.5. The molecule has 1 amide bonds. The second-order valence-electron chi connectivity index (χ2n) is 8.47. The summed E-state index contributed by atoms with van der Waals surface area (Å²) in [4.78, 5) is 17.4. The number of amides is 1. The van der Waals surface area contributed by atoms with Crippen molar-refractivity contribution in [1.29, 1.82) is 0 Å². The van der Waals surface area contributed by atoms with Gasteiger partial charge in [0.2, 0.25) is 15.9 Å². The lowest BCUT2D eigenvalue weighted by molar-refractivity contribution is 0.0979. The Labute approximate surface area is 203 Å². The fourth-order valence-electron chi connectivity index (χ4n) is 4.06. The molecule has 1 fully saturated rings. The van der Waals surface area contributed by atoms with Crippen molar-refractivity contribution in [3.05, 3.63) is 78.4 Å². The number of ether oxygens (including phenoxy) is 1. The molecule has 1 saturated heterocycles. The maximum atomic E-state index is 12.9. The highest BCUT2D eigenvalue weighted by molar-refractivity contribution is 7.89. The molecular formula is C26H25N3O5S. The first kappa shape index (κ1) is 23.2. The number of likely N-dealkylation sites (N-methyl/N-ethyl adjacent to an activating group) is 1. The summed E-state index contributed by atoms with van der Waals surface area (Å²) in [5, 5.41) is 2.85. The molecule has 1 aromatic heterocycles. The molecule has 8 nitrogen and oxygen atoms in total. The van der Waals surface area contributed by atoms with E-state index in [2.05, 4.69) is 10.3 Å². The van der Waals surface area contributed by atoms with Crippen molar-refractivity contribution in [2.75, 3.05) is 25.5 Å². The van der Waals surface area contributed by atoms with Gasteiger partial charge in [-0.1, -0.05) is 18.2 Å². The Kier molecular flexibility index (Phi) is 6.38. The first-order valence-electron chi connectivity index (χ1n) is 11.4. The zero-order valence-electron chi connectivity index (χ0n) is 19.2. The van der Waals surface area contributed by atoms with Crippen LogP contribution in [0.5, 0.6) is 0 Å². The molecule has 1 N–H and O–H groups in total. The number of sulfonamides is 1. The Balaban J connectivity index is 1.28. The smallest absolute Gasteiger partial charge is 0.255 e. The van der Waals surface area contributed by atoms with Crippen molar-refractivity contribution < 1.29 is 22.4 Å². The number of aromatic nitrogens is 1. The number of fused-ring (bicyclic) bond motifs is 1. The molecule has 3 aromatic carbocycles. The van der Waals surface area contributed by atoms with E-state index in [-0.39, 0.29) is 16.9 Å². The third kappa shape index (κ3) is 4.97. The molecule has 1 aliphatic rings. The van der Waals surface area contributed by atoms with Gasteiger partial charge >= 0.3 is 0 Å². The van der Waals surface area contributed by atoms with Gasteiger partial charge in [0.25, 0.3) is 5.91 Å². The Hall–Kier alpha value is -3.53. The zero-order chi connectivity index (χ0) is 24.4. The largest absolute Gasteiger partial charge is 0.436 e. The summed E-state index contributed by atoms with van der Waals surface area (Å²) in [7, 11) is -2.13. The van der Waals surface area contributed by atoms with Crippen molar-refractivity contribution in [3.8, 4) is 11.5 Å². The summed E-state index contributed by atoms with van der Waals surface area (Å²) in [6, 6.07) is 20.6. The summed E-state index contributed by atoms with van der Waals surface area (Å²) < 4.78 is 38.4. The van der Waals surface area contributed by atoms with E-state index in [1.54, 1.807) is 25.2 Å². The average Bonchev–Trinajstić information content (AvgIpc) is 3.54. The topological polar surface area (TPSA) is 102 Å². The summed E-state index contributed by atoms with van der Waals surface area (Å²) in [5.74, 6) is 0.111. The van der Waals surface area contributed by atoms with Gasteiger partial charge < -0.3 is 14.5 Å². The molecule has 9 heteroatoms. The summed E-state index contributed by atoms with van der Waals surface area (Å²) >= 11 is 0. The lowest BCUT2D eigenvalue weighted by Crippen LogP contribution is -2.34. The fraction of sp³-hybridized carbons (Fsp3) is 0.231. The molecule has 0 aliphatic carbocycles. The average molecular weight is 492 g/mol. The van der Waals surface area contributed by atoms with Gasteiger partial charge in [0, 0.05) is 37.0 Å². The third-order valence-corrected chi connectivity index (χ3v) is 7.81. The molecule has 4 aromatic rings. The number of benzene rings is 3. The number of carbonyl (C=O) groups excluding carboxylic acids is 1. The number of para-hydroxylation sites is 2. The number of anilines is 1. The molecule has 0 unspecified atom stereocenters. The van der Waals surface area contributed by atoms with E-state index >= 15 is 0 Å². The van der Waals surface area contributed by atoms with E-state index in [9.17, 15) is 13.2 Å². The SMILES string of the molecule is CN(C[C@H]1CCCO1)S(=O)(=O)c1ccc(C(=O)Nc2cccc(-c3nc4ccccc4o3)c2)cc1. The van der Waals surface area contributed by atoms with Crippen LogP contribution in [0.25, 0.3) is 22.6 Å². The highest BCUT2D eigenvalue weighted by Gasteiger charge is 2.26. The Morgan fingerprint density at radius 1 is 1.09 bits per heavy atom. The number of carbonyl (C=O) groups is 1. The zero-order valence-corrected chi connectivity index (χ0v) is 20.0. The van der Waals surface area contributed by atoms with Crippen LogP contribution in [0.2, 0.25) is 0 Å². The molecule has 5 rings (SSSR count). The maximum Gasteiger partial charge on any atom is 0.255 e. The van der Waals surface area contributed by atoms with Crippen molar-refractivity contribution in [1.82, 2.24) is 9.29 Å². The molecular weight excluding hydrogens is 466 g/mol. The van der Waals surface area contributed by atoms with E-state index in [0.717, 1.165) is 23.9 Å². The molecule has 35 heavy (non-hydrogen) atoms.